The number of sulfonamides is 1. The lowest BCUT2D eigenvalue weighted by Gasteiger charge is -2.09. The maximum Gasteiger partial charge on any atom is 0.441 e. The third-order valence-electron chi connectivity index (χ3n) is 1.92. The number of thioether (sulfide) groups is 1. The Morgan fingerprint density at radius 2 is 1.95 bits per heavy atom. The number of hydrogen-bond donors (Lipinski definition) is 2. The van der Waals surface area contributed by atoms with E-state index in [1.54, 1.807) is 0 Å². The highest BCUT2D eigenvalue weighted by molar-refractivity contribution is 8.00. The smallest absolute Gasteiger partial charge is 0.398 e. The van der Waals surface area contributed by atoms with Crippen LogP contribution in [0.25, 0.3) is 0 Å². The Kier molecular flexibility index (Phi) is 5.04. The minimum Gasteiger partial charge on any atom is -0.398 e. The van der Waals surface area contributed by atoms with Crippen molar-refractivity contribution >= 4 is 27.5 Å². The summed E-state index contributed by atoms with van der Waals surface area (Å²) in [4.78, 5) is -0.496. The van der Waals surface area contributed by atoms with Gasteiger partial charge in [0.1, 0.15) is 10.7 Å². The highest BCUT2D eigenvalue weighted by Gasteiger charge is 2.28. The molecular formula is C9H10F4N2O2S2. The summed E-state index contributed by atoms with van der Waals surface area (Å²) in [6, 6.07) is 2.75. The molecule has 0 aliphatic heterocycles. The number of anilines is 1. The highest BCUT2D eigenvalue weighted by Crippen LogP contribution is 2.29. The summed E-state index contributed by atoms with van der Waals surface area (Å²) < 4.78 is 73.7. The maximum absolute atomic E-state index is 12.9. The SMILES string of the molecule is Nc1ccc(F)cc1S(=O)(=O)NCCSC(F)(F)F. The second kappa shape index (κ2) is 5.97. The number of alkyl halides is 3. The summed E-state index contributed by atoms with van der Waals surface area (Å²) in [5.41, 5.74) is 0.768. The summed E-state index contributed by atoms with van der Waals surface area (Å²) >= 11 is -0.355. The number of nitrogens with one attached hydrogen (secondary N) is 1. The van der Waals surface area contributed by atoms with Crippen LogP contribution in [0.15, 0.2) is 23.1 Å². The van der Waals surface area contributed by atoms with Crippen LogP contribution in [0.5, 0.6) is 0 Å². The summed E-state index contributed by atoms with van der Waals surface area (Å²) in [6.45, 7) is -0.442. The molecule has 0 radical (unpaired) electrons. The second-order valence-corrected chi connectivity index (χ2v) is 6.27. The molecule has 3 N–H and O–H groups in total. The van der Waals surface area contributed by atoms with Crippen LogP contribution in [-0.4, -0.2) is 26.2 Å². The average molecular weight is 318 g/mol. The van der Waals surface area contributed by atoms with Gasteiger partial charge < -0.3 is 5.73 Å². The molecule has 0 saturated carbocycles. The number of rotatable bonds is 5. The molecule has 4 nitrogen and oxygen atoms in total. The predicted octanol–water partition coefficient (Wildman–Crippen LogP) is 1.94. The monoisotopic (exact) mass is 318 g/mol. The molecule has 0 amide bonds. The summed E-state index contributed by atoms with van der Waals surface area (Å²) in [5, 5.41) is 0. The Labute approximate surface area is 111 Å². The Morgan fingerprint density at radius 1 is 1.32 bits per heavy atom. The number of nitrogen functional groups attached to an aromatic ring is 1. The Hall–Kier alpha value is -1.00. The van der Waals surface area contributed by atoms with Crippen LogP contribution >= 0.6 is 11.8 Å². The van der Waals surface area contributed by atoms with Gasteiger partial charge in [-0.25, -0.2) is 17.5 Å². The topological polar surface area (TPSA) is 72.2 Å². The van der Waals surface area contributed by atoms with Gasteiger partial charge in [-0.1, -0.05) is 0 Å². The first-order chi connectivity index (χ1) is 8.62. The molecule has 1 aromatic carbocycles. The zero-order valence-corrected chi connectivity index (χ0v) is 11.0. The fourth-order valence-corrected chi connectivity index (χ4v) is 2.90. The zero-order chi connectivity index (χ0) is 14.7. The van der Waals surface area contributed by atoms with Crippen LogP contribution < -0.4 is 10.5 Å². The van der Waals surface area contributed by atoms with E-state index < -0.39 is 38.5 Å². The van der Waals surface area contributed by atoms with E-state index >= 15 is 0 Å². The van der Waals surface area contributed by atoms with Crippen molar-refractivity contribution in [3.8, 4) is 0 Å². The van der Waals surface area contributed by atoms with Crippen molar-refractivity contribution in [3.63, 3.8) is 0 Å². The molecule has 0 aromatic heterocycles. The third kappa shape index (κ3) is 5.25. The predicted molar refractivity (Wildman–Crippen MR) is 64.5 cm³/mol. The standard InChI is InChI=1S/C9H10F4N2O2S2/c10-6-1-2-7(14)8(5-6)19(16,17)15-3-4-18-9(11,12)13/h1-2,5,15H,3-4,14H2. The molecule has 1 aromatic rings. The van der Waals surface area contributed by atoms with E-state index in [1.165, 1.54) is 0 Å². The lowest BCUT2D eigenvalue weighted by atomic mass is 10.3. The lowest BCUT2D eigenvalue weighted by molar-refractivity contribution is -0.0327. The molecular weight excluding hydrogens is 308 g/mol. The number of halogens is 4. The van der Waals surface area contributed by atoms with Crippen LogP contribution in [0.1, 0.15) is 0 Å². The van der Waals surface area contributed by atoms with Gasteiger partial charge in [0.05, 0.1) is 5.69 Å². The normalized spacial score (nSPS) is 12.6. The first-order valence-electron chi connectivity index (χ1n) is 4.87. The van der Waals surface area contributed by atoms with Gasteiger partial charge in [-0.15, -0.1) is 0 Å². The molecule has 0 heterocycles. The molecule has 0 saturated heterocycles. The van der Waals surface area contributed by atoms with Crippen LogP contribution in [-0.2, 0) is 10.0 Å². The van der Waals surface area contributed by atoms with Crippen LogP contribution in [0.2, 0.25) is 0 Å². The van der Waals surface area contributed by atoms with Gasteiger partial charge in [0.25, 0.3) is 0 Å². The van der Waals surface area contributed by atoms with Gasteiger partial charge in [0.15, 0.2) is 0 Å². The minimum atomic E-state index is -4.43. The molecule has 10 heteroatoms. The fraction of sp³-hybridized carbons (Fsp3) is 0.333. The Morgan fingerprint density at radius 3 is 2.53 bits per heavy atom. The maximum atomic E-state index is 12.9. The molecule has 19 heavy (non-hydrogen) atoms. The van der Waals surface area contributed by atoms with Gasteiger partial charge in [-0.3, -0.25) is 0 Å². The summed E-state index contributed by atoms with van der Waals surface area (Å²) in [7, 11) is -4.13. The Balaban J connectivity index is 2.69. The molecule has 0 aliphatic rings. The highest BCUT2D eigenvalue weighted by atomic mass is 32.2. The van der Waals surface area contributed by atoms with Crippen molar-refractivity contribution < 1.29 is 26.0 Å². The van der Waals surface area contributed by atoms with Gasteiger partial charge in [-0.05, 0) is 30.0 Å². The van der Waals surface area contributed by atoms with Crippen molar-refractivity contribution in [1.82, 2.24) is 4.72 Å². The zero-order valence-electron chi connectivity index (χ0n) is 9.37. The van der Waals surface area contributed by atoms with Crippen molar-refractivity contribution in [2.45, 2.75) is 10.4 Å². The first kappa shape index (κ1) is 16.1. The molecule has 0 unspecified atom stereocenters. The lowest BCUT2D eigenvalue weighted by Crippen LogP contribution is -2.27. The van der Waals surface area contributed by atoms with Crippen molar-refractivity contribution in [1.29, 1.82) is 0 Å². The van der Waals surface area contributed by atoms with Gasteiger partial charge in [0.2, 0.25) is 10.0 Å². The van der Waals surface area contributed by atoms with E-state index in [1.807, 2.05) is 4.72 Å². The Bertz CT molecular complexity index is 546. The number of nitrogens with two attached hydrogens (primary N) is 1. The molecule has 0 bridgehead atoms. The summed E-state index contributed by atoms with van der Waals surface area (Å²) in [6.07, 6.45) is 0. The molecule has 1 rings (SSSR count). The van der Waals surface area contributed by atoms with Gasteiger partial charge in [-0.2, -0.15) is 13.2 Å². The molecule has 0 aliphatic carbocycles. The van der Waals surface area contributed by atoms with Crippen LogP contribution in [0.3, 0.4) is 0 Å². The van der Waals surface area contributed by atoms with Crippen molar-refractivity contribution in [2.24, 2.45) is 0 Å². The largest absolute Gasteiger partial charge is 0.441 e. The van der Waals surface area contributed by atoms with Crippen LogP contribution in [0, 0.1) is 5.82 Å². The fourth-order valence-electron chi connectivity index (χ4n) is 1.16. The van der Waals surface area contributed by atoms with Crippen molar-refractivity contribution in [2.75, 3.05) is 18.0 Å². The van der Waals surface area contributed by atoms with Crippen LogP contribution in [0.4, 0.5) is 23.2 Å². The van der Waals surface area contributed by atoms with Crippen molar-refractivity contribution in [3.05, 3.63) is 24.0 Å². The summed E-state index contributed by atoms with van der Waals surface area (Å²) in [5.74, 6) is -1.29. The number of benzene rings is 1. The van der Waals surface area contributed by atoms with E-state index in [4.69, 9.17) is 5.73 Å². The first-order valence-corrected chi connectivity index (χ1v) is 7.34. The van der Waals surface area contributed by atoms with E-state index in [-0.39, 0.29) is 17.4 Å². The third-order valence-corrected chi connectivity index (χ3v) is 4.18. The second-order valence-electron chi connectivity index (χ2n) is 3.37. The average Bonchev–Trinajstić information content (AvgIpc) is 2.26. The molecule has 0 spiro atoms. The molecule has 0 atom stereocenters. The quantitative estimate of drug-likeness (QED) is 0.494. The van der Waals surface area contributed by atoms with E-state index in [0.29, 0.717) is 6.07 Å². The molecule has 0 fully saturated rings. The van der Waals surface area contributed by atoms with E-state index in [9.17, 15) is 26.0 Å². The minimum absolute atomic E-state index is 0.183. The van der Waals surface area contributed by atoms with E-state index in [0.717, 1.165) is 12.1 Å². The molecule has 108 valence electrons. The number of hydrogen-bond acceptors (Lipinski definition) is 4. The van der Waals surface area contributed by atoms with Gasteiger partial charge in [0, 0.05) is 12.3 Å². The van der Waals surface area contributed by atoms with Gasteiger partial charge >= 0.3 is 5.51 Å². The van der Waals surface area contributed by atoms with E-state index in [2.05, 4.69) is 0 Å².